The summed E-state index contributed by atoms with van der Waals surface area (Å²) < 4.78 is 86.0. The van der Waals surface area contributed by atoms with E-state index in [4.69, 9.17) is 4.74 Å². The maximum atomic E-state index is 13.4. The van der Waals surface area contributed by atoms with Crippen molar-refractivity contribution < 1.29 is 31.1 Å². The zero-order chi connectivity index (χ0) is 27.3. The van der Waals surface area contributed by atoms with Gasteiger partial charge in [-0.25, -0.2) is 0 Å². The minimum Gasteiger partial charge on any atom is -0.496 e. The molecule has 2 aromatic rings. The van der Waals surface area contributed by atoms with Crippen LogP contribution in [0.3, 0.4) is 0 Å². The van der Waals surface area contributed by atoms with Crippen LogP contribution in [0.25, 0.3) is 0 Å². The smallest absolute Gasteiger partial charge is 0.416 e. The molecule has 1 saturated carbocycles. The van der Waals surface area contributed by atoms with Gasteiger partial charge in [-0.3, -0.25) is 9.80 Å². The summed E-state index contributed by atoms with van der Waals surface area (Å²) in [5, 5.41) is 0. The molecule has 0 aromatic heterocycles. The van der Waals surface area contributed by atoms with Gasteiger partial charge in [0.25, 0.3) is 0 Å². The van der Waals surface area contributed by atoms with Crippen LogP contribution in [-0.2, 0) is 18.8 Å². The van der Waals surface area contributed by atoms with Gasteiger partial charge in [-0.15, -0.1) is 0 Å². The summed E-state index contributed by atoms with van der Waals surface area (Å²) in [4.78, 5) is 4.80. The average molecular weight is 542 g/mol. The predicted molar refractivity (Wildman–Crippen MR) is 135 cm³/mol. The summed E-state index contributed by atoms with van der Waals surface area (Å²) in [6, 6.07) is 9.51. The van der Waals surface area contributed by atoms with E-state index >= 15 is 0 Å². The second-order valence-electron chi connectivity index (χ2n) is 10.3. The zero-order valence-corrected chi connectivity index (χ0v) is 21.6. The number of alkyl halides is 6. The molecule has 2 aliphatic rings. The molecule has 38 heavy (non-hydrogen) atoms. The number of nitrogens with zero attached hydrogens (tertiary/aromatic N) is 2. The monoisotopic (exact) mass is 541 g/mol. The Morgan fingerprint density at radius 3 is 1.97 bits per heavy atom. The molecule has 1 atom stereocenters. The van der Waals surface area contributed by atoms with E-state index in [1.54, 1.807) is 7.11 Å². The number of rotatable bonds is 7. The van der Waals surface area contributed by atoms with Gasteiger partial charge in [0.15, 0.2) is 0 Å². The fourth-order valence-electron chi connectivity index (χ4n) is 5.77. The number of methoxy groups -OCH3 is 1. The van der Waals surface area contributed by atoms with Gasteiger partial charge >= 0.3 is 12.4 Å². The Morgan fingerprint density at radius 1 is 0.842 bits per heavy atom. The number of benzene rings is 2. The molecule has 0 amide bonds. The first-order chi connectivity index (χ1) is 18.1. The second-order valence-corrected chi connectivity index (χ2v) is 10.3. The van der Waals surface area contributed by atoms with Crippen molar-refractivity contribution >= 4 is 0 Å². The van der Waals surface area contributed by atoms with E-state index < -0.39 is 23.5 Å². The second kappa shape index (κ2) is 12.3. The number of halogens is 6. The maximum Gasteiger partial charge on any atom is 0.416 e. The first kappa shape index (κ1) is 28.7. The van der Waals surface area contributed by atoms with Crippen LogP contribution in [0.5, 0.6) is 5.75 Å². The number of hydrogen-bond acceptors (Lipinski definition) is 3. The lowest BCUT2D eigenvalue weighted by atomic mass is 9.94. The van der Waals surface area contributed by atoms with Crippen molar-refractivity contribution in [3.63, 3.8) is 0 Å². The van der Waals surface area contributed by atoms with Gasteiger partial charge in [0, 0.05) is 43.8 Å². The molecule has 0 spiro atoms. The molecular formula is C29H35F6N2O. The molecule has 1 aliphatic carbocycles. The molecule has 1 heterocycles. The fraction of sp³-hybridized carbons (Fsp3) is 0.552. The normalized spacial score (nSPS) is 19.8. The quantitative estimate of drug-likeness (QED) is 0.266. The van der Waals surface area contributed by atoms with Crippen molar-refractivity contribution in [2.24, 2.45) is 0 Å². The first-order valence-electron chi connectivity index (χ1n) is 13.3. The maximum absolute atomic E-state index is 13.4. The number of hydrogen-bond donors (Lipinski definition) is 0. The molecule has 1 radical (unpaired) electrons. The molecule has 2 aromatic carbocycles. The van der Waals surface area contributed by atoms with Crippen LogP contribution in [-0.4, -0.2) is 49.1 Å². The highest BCUT2D eigenvalue weighted by Crippen LogP contribution is 2.38. The molecule has 3 nitrogen and oxygen atoms in total. The lowest BCUT2D eigenvalue weighted by Crippen LogP contribution is -2.51. The third-order valence-electron chi connectivity index (χ3n) is 7.77. The summed E-state index contributed by atoms with van der Waals surface area (Å²) in [5.41, 5.74) is -1.76. The lowest BCUT2D eigenvalue weighted by Gasteiger charge is -2.42. The summed E-state index contributed by atoms with van der Waals surface area (Å²) in [5.74, 6) is 0.639. The van der Waals surface area contributed by atoms with E-state index in [1.807, 2.05) is 30.7 Å². The van der Waals surface area contributed by atoms with Crippen molar-refractivity contribution in [3.05, 3.63) is 71.1 Å². The van der Waals surface area contributed by atoms with Crippen molar-refractivity contribution in [1.82, 2.24) is 9.80 Å². The van der Waals surface area contributed by atoms with Gasteiger partial charge in [-0.2, -0.15) is 26.3 Å². The Hall–Kier alpha value is -2.26. The molecule has 209 valence electrons. The highest BCUT2D eigenvalue weighted by Gasteiger charge is 2.37. The number of piperazine rings is 1. The Bertz CT molecular complexity index is 1010. The molecule has 2 fully saturated rings. The van der Waals surface area contributed by atoms with E-state index in [0.717, 1.165) is 43.9 Å². The minimum absolute atomic E-state index is 0.0239. The lowest BCUT2D eigenvalue weighted by molar-refractivity contribution is -0.143. The van der Waals surface area contributed by atoms with E-state index in [1.165, 1.54) is 38.5 Å². The Balaban J connectivity index is 1.55. The molecule has 1 aliphatic heterocycles. The standard InChI is InChI=1S/C29H35F6N2O/c1-38-27-11-7-6-10-25(27)26(37-16-14-36(15-17-37)24-8-4-2-3-5-9-24)13-12-21-18-22(28(30,31)32)20-23(19-21)29(33,34)35/h6-7,10-11,13,18-20,24,26H,2-5,8-9,12,14-17H2,1H3. The molecular weight excluding hydrogens is 506 g/mol. The Labute approximate surface area is 220 Å². The largest absolute Gasteiger partial charge is 0.496 e. The SMILES string of the molecule is COc1ccccc1C([CH]Cc1cc(C(F)(F)F)cc(C(F)(F)F)c1)N1CCN(C2CCCCCC2)CC1. The molecule has 9 heteroatoms. The average Bonchev–Trinajstić information content (AvgIpc) is 3.18. The molecule has 1 saturated heterocycles. The summed E-state index contributed by atoms with van der Waals surface area (Å²) in [7, 11) is 1.56. The van der Waals surface area contributed by atoms with Crippen molar-refractivity contribution in [3.8, 4) is 5.75 Å². The van der Waals surface area contributed by atoms with Gasteiger partial charge in [-0.1, -0.05) is 43.9 Å². The third-order valence-corrected chi connectivity index (χ3v) is 7.77. The Morgan fingerprint density at radius 2 is 1.42 bits per heavy atom. The third kappa shape index (κ3) is 7.23. The summed E-state index contributed by atoms with van der Waals surface area (Å²) >= 11 is 0. The topological polar surface area (TPSA) is 15.7 Å². The Kier molecular flexibility index (Phi) is 9.29. The van der Waals surface area contributed by atoms with Crippen LogP contribution in [0.15, 0.2) is 42.5 Å². The van der Waals surface area contributed by atoms with Crippen molar-refractivity contribution in [2.45, 2.75) is 69.4 Å². The van der Waals surface area contributed by atoms with Crippen LogP contribution < -0.4 is 4.74 Å². The predicted octanol–water partition coefficient (Wildman–Crippen LogP) is 7.56. The summed E-state index contributed by atoms with van der Waals surface area (Å²) in [6.45, 7) is 3.27. The highest BCUT2D eigenvalue weighted by atomic mass is 19.4. The van der Waals surface area contributed by atoms with Gasteiger partial charge in [0.1, 0.15) is 5.75 Å². The number of ether oxygens (including phenoxy) is 1. The molecule has 0 N–H and O–H groups in total. The van der Waals surface area contributed by atoms with Crippen molar-refractivity contribution in [1.29, 1.82) is 0 Å². The van der Waals surface area contributed by atoms with E-state index in [-0.39, 0.29) is 24.1 Å². The van der Waals surface area contributed by atoms with E-state index in [2.05, 4.69) is 9.80 Å². The van der Waals surface area contributed by atoms with Crippen LogP contribution in [0.1, 0.15) is 66.8 Å². The van der Waals surface area contributed by atoms with Crippen LogP contribution in [0.4, 0.5) is 26.3 Å². The molecule has 0 bridgehead atoms. The number of para-hydroxylation sites is 1. The van der Waals surface area contributed by atoms with Gasteiger partial charge in [-0.05, 0) is 55.5 Å². The highest BCUT2D eigenvalue weighted by molar-refractivity contribution is 5.39. The van der Waals surface area contributed by atoms with Crippen LogP contribution >= 0.6 is 0 Å². The summed E-state index contributed by atoms with van der Waals surface area (Å²) in [6.07, 6.45) is -0.483. The van der Waals surface area contributed by atoms with E-state index in [0.29, 0.717) is 11.8 Å². The van der Waals surface area contributed by atoms with Gasteiger partial charge < -0.3 is 4.74 Å². The van der Waals surface area contributed by atoms with Crippen LogP contribution in [0, 0.1) is 6.42 Å². The molecule has 4 rings (SSSR count). The first-order valence-corrected chi connectivity index (χ1v) is 13.3. The van der Waals surface area contributed by atoms with E-state index in [9.17, 15) is 26.3 Å². The van der Waals surface area contributed by atoms with Gasteiger partial charge in [0.2, 0.25) is 0 Å². The fourth-order valence-corrected chi connectivity index (χ4v) is 5.77. The van der Waals surface area contributed by atoms with Crippen molar-refractivity contribution in [2.75, 3.05) is 33.3 Å². The molecule has 1 unspecified atom stereocenters. The minimum atomic E-state index is -4.87. The zero-order valence-electron chi connectivity index (χ0n) is 21.6. The van der Waals surface area contributed by atoms with Crippen LogP contribution in [0.2, 0.25) is 0 Å². The van der Waals surface area contributed by atoms with Gasteiger partial charge in [0.05, 0.1) is 18.2 Å².